The van der Waals surface area contributed by atoms with Crippen molar-refractivity contribution in [1.29, 1.82) is 0 Å². The van der Waals surface area contributed by atoms with Crippen LogP contribution in [0.25, 0.3) is 10.9 Å². The van der Waals surface area contributed by atoms with Gasteiger partial charge in [0, 0.05) is 22.2 Å². The highest BCUT2D eigenvalue weighted by molar-refractivity contribution is 8.00. The van der Waals surface area contributed by atoms with Crippen LogP contribution in [0.4, 0.5) is 0 Å². The van der Waals surface area contributed by atoms with Gasteiger partial charge >= 0.3 is 0 Å². The molecule has 0 spiro atoms. The number of nitrogens with zero attached hydrogens (tertiary/aromatic N) is 4. The molecule has 1 atom stereocenters. The average molecular weight is 474 g/mol. The number of ketones is 1. The van der Waals surface area contributed by atoms with Crippen LogP contribution in [0.1, 0.15) is 53.6 Å². The van der Waals surface area contributed by atoms with Crippen molar-refractivity contribution in [2.24, 2.45) is 0 Å². The van der Waals surface area contributed by atoms with E-state index in [2.05, 4.69) is 48.9 Å². The number of aromatic nitrogens is 4. The molecule has 2 aromatic carbocycles. The maximum atomic E-state index is 13.5. The summed E-state index contributed by atoms with van der Waals surface area (Å²) in [4.78, 5) is 19.3. The first-order chi connectivity index (χ1) is 16.6. The third-order valence-corrected chi connectivity index (χ3v) is 7.66. The van der Waals surface area contributed by atoms with Crippen molar-refractivity contribution in [2.45, 2.75) is 56.6 Å². The van der Waals surface area contributed by atoms with Gasteiger partial charge in [0.05, 0.1) is 18.3 Å². The lowest BCUT2D eigenvalue weighted by Gasteiger charge is -2.26. The highest BCUT2D eigenvalue weighted by atomic mass is 32.2. The first-order valence-corrected chi connectivity index (χ1v) is 12.9. The number of carbonyl (C=O) groups excluding carboxylic acids is 1. The van der Waals surface area contributed by atoms with Crippen molar-refractivity contribution in [3.05, 3.63) is 77.2 Å². The lowest BCUT2D eigenvalue weighted by atomic mass is 10.1. The van der Waals surface area contributed by atoms with E-state index in [-0.39, 0.29) is 11.0 Å². The van der Waals surface area contributed by atoms with Crippen LogP contribution in [-0.4, -0.2) is 48.8 Å². The van der Waals surface area contributed by atoms with E-state index in [1.165, 1.54) is 36.6 Å². The summed E-state index contributed by atoms with van der Waals surface area (Å²) in [5.74, 6) is 1.09. The van der Waals surface area contributed by atoms with Crippen molar-refractivity contribution in [2.75, 3.05) is 13.1 Å². The summed E-state index contributed by atoms with van der Waals surface area (Å²) >= 11 is 1.50. The quantitative estimate of drug-likeness (QED) is 0.272. The van der Waals surface area contributed by atoms with Crippen LogP contribution >= 0.6 is 11.8 Å². The zero-order valence-electron chi connectivity index (χ0n) is 19.8. The molecule has 1 saturated heterocycles. The molecule has 0 saturated carbocycles. The van der Waals surface area contributed by atoms with Gasteiger partial charge in [0.1, 0.15) is 5.82 Å². The van der Waals surface area contributed by atoms with E-state index in [4.69, 9.17) is 0 Å². The maximum Gasteiger partial charge on any atom is 0.192 e. The number of H-pyrrole nitrogens is 1. The molecule has 1 aliphatic heterocycles. The molecule has 3 heterocycles. The molecule has 1 unspecified atom stereocenters. The Morgan fingerprint density at radius 1 is 1.00 bits per heavy atom. The second-order valence-electron chi connectivity index (χ2n) is 9.10. The predicted octanol–water partition coefficient (Wildman–Crippen LogP) is 5.47. The van der Waals surface area contributed by atoms with E-state index < -0.39 is 0 Å². The van der Waals surface area contributed by atoms with Crippen LogP contribution in [-0.2, 0) is 13.1 Å². The van der Waals surface area contributed by atoms with Crippen molar-refractivity contribution >= 4 is 28.4 Å². The fraction of sp³-hybridized carbons (Fsp3) is 0.370. The second-order valence-corrected chi connectivity index (χ2v) is 10.4. The van der Waals surface area contributed by atoms with E-state index >= 15 is 0 Å². The van der Waals surface area contributed by atoms with Crippen molar-refractivity contribution in [1.82, 2.24) is 24.6 Å². The van der Waals surface area contributed by atoms with Gasteiger partial charge in [-0.2, -0.15) is 0 Å². The summed E-state index contributed by atoms with van der Waals surface area (Å²) in [5.41, 5.74) is 3.89. The number of likely N-dealkylation sites (tertiary alicyclic amines) is 1. The molecule has 0 bridgehead atoms. The zero-order valence-corrected chi connectivity index (χ0v) is 20.6. The second kappa shape index (κ2) is 10.2. The summed E-state index contributed by atoms with van der Waals surface area (Å²) < 4.78 is 2.19. The van der Waals surface area contributed by atoms with Gasteiger partial charge in [-0.3, -0.25) is 9.69 Å². The van der Waals surface area contributed by atoms with Gasteiger partial charge in [-0.1, -0.05) is 66.7 Å². The molecule has 176 valence electrons. The molecule has 0 amide bonds. The Kier molecular flexibility index (Phi) is 6.83. The summed E-state index contributed by atoms with van der Waals surface area (Å²) in [6, 6.07) is 18.4. The van der Waals surface area contributed by atoms with Gasteiger partial charge in [-0.05, 0) is 51.4 Å². The Labute approximate surface area is 204 Å². The number of nitrogens with one attached hydrogen (secondary N) is 1. The molecule has 2 aromatic heterocycles. The zero-order chi connectivity index (χ0) is 23.5. The maximum absolute atomic E-state index is 13.5. The Morgan fingerprint density at radius 3 is 2.53 bits per heavy atom. The molecule has 4 aromatic rings. The lowest BCUT2D eigenvalue weighted by molar-refractivity contribution is 0.0995. The Hall–Kier alpha value is -2.90. The number of piperidine rings is 1. The molecule has 1 N–H and O–H groups in total. The standard InChI is InChI=1S/C27H31N5OS/c1-19-25(22-13-7-8-14-23(22)28-19)26(33)20(2)34-27-30-29-24(18-31-15-9-4-10-16-31)32(27)17-21-11-5-3-6-12-21/h3,5-8,11-14,20,28H,4,9-10,15-18H2,1-2H3. The van der Waals surface area contributed by atoms with Gasteiger partial charge < -0.3 is 9.55 Å². The highest BCUT2D eigenvalue weighted by Crippen LogP contribution is 2.30. The summed E-state index contributed by atoms with van der Waals surface area (Å²) in [6.45, 7) is 7.65. The first-order valence-electron chi connectivity index (χ1n) is 12.1. The molecule has 34 heavy (non-hydrogen) atoms. The first kappa shape index (κ1) is 22.9. The van der Waals surface area contributed by atoms with E-state index in [1.807, 2.05) is 44.2 Å². The molecular formula is C27H31N5OS. The minimum Gasteiger partial charge on any atom is -0.358 e. The van der Waals surface area contributed by atoms with Crippen LogP contribution < -0.4 is 0 Å². The summed E-state index contributed by atoms with van der Waals surface area (Å²) in [7, 11) is 0. The number of benzene rings is 2. The smallest absolute Gasteiger partial charge is 0.192 e. The Balaban J connectivity index is 1.41. The van der Waals surface area contributed by atoms with E-state index in [0.717, 1.165) is 52.8 Å². The number of hydrogen-bond donors (Lipinski definition) is 1. The number of rotatable bonds is 8. The number of thioether (sulfide) groups is 1. The topological polar surface area (TPSA) is 66.8 Å². The number of aromatic amines is 1. The van der Waals surface area contributed by atoms with Gasteiger partial charge in [-0.15, -0.1) is 10.2 Å². The van der Waals surface area contributed by atoms with Crippen LogP contribution in [0, 0.1) is 6.92 Å². The minimum atomic E-state index is -0.278. The fourth-order valence-electron chi connectivity index (χ4n) is 4.77. The third kappa shape index (κ3) is 4.81. The normalized spacial score (nSPS) is 15.6. The number of aryl methyl sites for hydroxylation is 1. The average Bonchev–Trinajstić information content (AvgIpc) is 3.39. The van der Waals surface area contributed by atoms with Crippen molar-refractivity contribution in [3.63, 3.8) is 0 Å². The number of carbonyl (C=O) groups is 1. The lowest BCUT2D eigenvalue weighted by Crippen LogP contribution is -2.30. The van der Waals surface area contributed by atoms with Gasteiger partial charge in [0.25, 0.3) is 0 Å². The van der Waals surface area contributed by atoms with Crippen LogP contribution in [0.2, 0.25) is 0 Å². The summed E-state index contributed by atoms with van der Waals surface area (Å²) in [6.07, 6.45) is 3.79. The molecule has 6 nitrogen and oxygen atoms in total. The van der Waals surface area contributed by atoms with Gasteiger partial charge in [-0.25, -0.2) is 0 Å². The molecule has 1 fully saturated rings. The molecule has 0 aliphatic carbocycles. The van der Waals surface area contributed by atoms with Crippen LogP contribution in [0.15, 0.2) is 59.8 Å². The monoisotopic (exact) mass is 473 g/mol. The largest absolute Gasteiger partial charge is 0.358 e. The fourth-order valence-corrected chi connectivity index (χ4v) is 5.70. The third-order valence-electron chi connectivity index (χ3n) is 6.58. The van der Waals surface area contributed by atoms with E-state index in [0.29, 0.717) is 6.54 Å². The summed E-state index contributed by atoms with van der Waals surface area (Å²) in [5, 5.41) is 10.6. The predicted molar refractivity (Wildman–Crippen MR) is 137 cm³/mol. The number of fused-ring (bicyclic) bond motifs is 1. The van der Waals surface area contributed by atoms with Gasteiger partial charge in [0.2, 0.25) is 0 Å². The SMILES string of the molecule is Cc1[nH]c2ccccc2c1C(=O)C(C)Sc1nnc(CN2CCCCC2)n1Cc1ccccc1. The van der Waals surface area contributed by atoms with Crippen LogP contribution in [0.3, 0.4) is 0 Å². The number of Topliss-reactive ketones (excluding diaryl/α,β-unsaturated/α-hetero) is 1. The highest BCUT2D eigenvalue weighted by Gasteiger charge is 2.25. The van der Waals surface area contributed by atoms with Crippen LogP contribution in [0.5, 0.6) is 0 Å². The molecular weight excluding hydrogens is 442 g/mol. The Morgan fingerprint density at radius 2 is 1.74 bits per heavy atom. The molecule has 1 aliphatic rings. The van der Waals surface area contributed by atoms with Crippen molar-refractivity contribution < 1.29 is 4.79 Å². The van der Waals surface area contributed by atoms with E-state index in [9.17, 15) is 4.79 Å². The minimum absolute atomic E-state index is 0.117. The molecule has 0 radical (unpaired) electrons. The number of para-hydroxylation sites is 1. The van der Waals surface area contributed by atoms with E-state index in [1.54, 1.807) is 0 Å². The van der Waals surface area contributed by atoms with Gasteiger partial charge in [0.15, 0.2) is 10.9 Å². The number of hydrogen-bond acceptors (Lipinski definition) is 5. The molecule has 7 heteroatoms. The molecule has 5 rings (SSSR count). The Bertz CT molecular complexity index is 1270. The van der Waals surface area contributed by atoms with Crippen molar-refractivity contribution in [3.8, 4) is 0 Å².